The fraction of sp³-hybridized carbons (Fsp3) is 0.120. The number of non-ortho nitro benzene ring substituents is 1. The van der Waals surface area contributed by atoms with Crippen LogP contribution in [0, 0.1) is 30.9 Å². The smallest absolute Gasteiger partial charge is 0.344 e. The average molecular weight is 492 g/mol. The number of ether oxygens (including phenoxy) is 1. The first-order valence-electron chi connectivity index (χ1n) is 10.5. The van der Waals surface area contributed by atoms with Crippen LogP contribution in [0.5, 0.6) is 5.88 Å². The maximum absolute atomic E-state index is 13.6. The van der Waals surface area contributed by atoms with Gasteiger partial charge in [-0.2, -0.15) is 9.78 Å². The lowest BCUT2D eigenvalue weighted by atomic mass is 10.1. The fourth-order valence-corrected chi connectivity index (χ4v) is 5.22. The number of nitro benzene ring substituents is 1. The lowest BCUT2D eigenvalue weighted by molar-refractivity contribution is -0.384. The van der Waals surface area contributed by atoms with Crippen molar-refractivity contribution in [1.82, 2.24) is 9.78 Å². The molecule has 0 saturated carbocycles. The first kappa shape index (κ1) is 23.8. The number of esters is 1. The summed E-state index contributed by atoms with van der Waals surface area (Å²) in [7, 11) is -4.10. The maximum Gasteiger partial charge on any atom is 0.344 e. The molecule has 1 heterocycles. The molecule has 0 fully saturated rings. The molecule has 0 aliphatic rings. The molecule has 0 aliphatic heterocycles. The lowest BCUT2D eigenvalue weighted by Gasteiger charge is -2.13. The molecule has 9 nitrogen and oxygen atoms in total. The second-order valence-corrected chi connectivity index (χ2v) is 9.82. The summed E-state index contributed by atoms with van der Waals surface area (Å²) in [6.07, 6.45) is 0. The number of hydrogen-bond donors (Lipinski definition) is 0. The summed E-state index contributed by atoms with van der Waals surface area (Å²) in [4.78, 5) is 23.2. The summed E-state index contributed by atoms with van der Waals surface area (Å²) in [5.41, 5.74) is 2.32. The van der Waals surface area contributed by atoms with Gasteiger partial charge in [0.05, 0.1) is 26.8 Å². The molecule has 0 unspecified atom stereocenters. The average Bonchev–Trinajstić information content (AvgIpc) is 3.15. The molecule has 0 atom stereocenters. The van der Waals surface area contributed by atoms with E-state index in [4.69, 9.17) is 4.74 Å². The van der Waals surface area contributed by atoms with Crippen LogP contribution in [0.3, 0.4) is 0 Å². The van der Waals surface area contributed by atoms with Crippen molar-refractivity contribution >= 4 is 21.5 Å². The number of hydrogen-bond acceptors (Lipinski definition) is 7. The second kappa shape index (κ2) is 9.15. The molecule has 10 heteroatoms. The molecular weight excluding hydrogens is 470 g/mol. The van der Waals surface area contributed by atoms with E-state index in [1.807, 2.05) is 26.0 Å². The van der Waals surface area contributed by atoms with Crippen LogP contribution in [0.2, 0.25) is 0 Å². The van der Waals surface area contributed by atoms with Crippen molar-refractivity contribution in [3.05, 3.63) is 105 Å². The van der Waals surface area contributed by atoms with Crippen LogP contribution in [-0.4, -0.2) is 29.1 Å². The molecule has 4 rings (SSSR count). The molecule has 0 spiro atoms. The minimum absolute atomic E-state index is 0.0182. The van der Waals surface area contributed by atoms with E-state index in [1.54, 1.807) is 24.3 Å². The Morgan fingerprint density at radius 2 is 1.63 bits per heavy atom. The third-order valence-electron chi connectivity index (χ3n) is 5.37. The summed E-state index contributed by atoms with van der Waals surface area (Å²) in [6, 6.07) is 18.1. The number of carbonyl (C=O) groups is 1. The van der Waals surface area contributed by atoms with Crippen molar-refractivity contribution in [3.63, 3.8) is 0 Å². The van der Waals surface area contributed by atoms with Crippen molar-refractivity contribution in [3.8, 4) is 11.6 Å². The Kier molecular flexibility index (Phi) is 6.23. The van der Waals surface area contributed by atoms with Gasteiger partial charge in [0.2, 0.25) is 15.7 Å². The van der Waals surface area contributed by atoms with Gasteiger partial charge in [0.1, 0.15) is 0 Å². The molecular formula is C25H21N3O6S. The SMILES string of the molecule is Cc1ccc(-n2nc(C)c(S(=O)(=O)c3ccccc3)c2OC(=O)c2ccc([N+](=O)[O-])cc2)c(C)c1. The van der Waals surface area contributed by atoms with E-state index in [9.17, 15) is 23.3 Å². The predicted octanol–water partition coefficient (Wildman–Crippen LogP) is 4.76. The van der Waals surface area contributed by atoms with Crippen LogP contribution in [0.4, 0.5) is 5.69 Å². The van der Waals surface area contributed by atoms with Gasteiger partial charge in [-0.1, -0.05) is 35.9 Å². The summed E-state index contributed by atoms with van der Waals surface area (Å²) in [5, 5.41) is 15.4. The molecule has 0 amide bonds. The number of aromatic nitrogens is 2. The zero-order valence-corrected chi connectivity index (χ0v) is 19.9. The molecule has 35 heavy (non-hydrogen) atoms. The molecule has 178 valence electrons. The van der Waals surface area contributed by atoms with Crippen LogP contribution in [0.1, 0.15) is 27.2 Å². The lowest BCUT2D eigenvalue weighted by Crippen LogP contribution is -2.15. The van der Waals surface area contributed by atoms with Gasteiger partial charge >= 0.3 is 5.97 Å². The van der Waals surface area contributed by atoms with Crippen molar-refractivity contribution in [2.24, 2.45) is 0 Å². The van der Waals surface area contributed by atoms with Gasteiger partial charge in [0.15, 0.2) is 4.90 Å². The van der Waals surface area contributed by atoms with Crippen LogP contribution >= 0.6 is 0 Å². The minimum atomic E-state index is -4.10. The molecule has 0 N–H and O–H groups in total. The Labute approximate surface area is 201 Å². The fourth-order valence-electron chi connectivity index (χ4n) is 3.68. The van der Waals surface area contributed by atoms with Crippen LogP contribution < -0.4 is 4.74 Å². The standard InChI is InChI=1S/C25H21N3O6S/c1-16-9-14-22(17(2)15-16)27-24(34-25(29)19-10-12-20(13-11-19)28(30)31)23(18(3)26-27)35(32,33)21-7-5-4-6-8-21/h4-15H,1-3H3. The van der Waals surface area contributed by atoms with E-state index >= 15 is 0 Å². The van der Waals surface area contributed by atoms with Gasteiger partial charge in [0.25, 0.3) is 5.69 Å². The highest BCUT2D eigenvalue weighted by atomic mass is 32.2. The molecule has 4 aromatic rings. The maximum atomic E-state index is 13.6. The number of carbonyl (C=O) groups excluding carboxylic acids is 1. The third kappa shape index (κ3) is 4.56. The van der Waals surface area contributed by atoms with Crippen molar-refractivity contribution in [2.45, 2.75) is 30.6 Å². The Hall–Kier alpha value is -4.31. The Bertz CT molecular complexity index is 1540. The Balaban J connectivity index is 1.89. The number of nitrogens with zero attached hydrogens (tertiary/aromatic N) is 3. The van der Waals surface area contributed by atoms with E-state index in [-0.39, 0.29) is 32.6 Å². The van der Waals surface area contributed by atoms with Gasteiger partial charge in [-0.15, -0.1) is 0 Å². The number of aryl methyl sites for hydroxylation is 3. The molecule has 0 radical (unpaired) electrons. The molecule has 1 aromatic heterocycles. The highest BCUT2D eigenvalue weighted by molar-refractivity contribution is 7.91. The highest BCUT2D eigenvalue weighted by Crippen LogP contribution is 2.35. The monoisotopic (exact) mass is 491 g/mol. The first-order valence-corrected chi connectivity index (χ1v) is 12.0. The zero-order valence-electron chi connectivity index (χ0n) is 19.1. The summed E-state index contributed by atoms with van der Waals surface area (Å²) in [5.74, 6) is -1.14. The quantitative estimate of drug-likeness (QED) is 0.217. The van der Waals surface area contributed by atoms with Gasteiger partial charge in [-0.25, -0.2) is 13.2 Å². The molecule has 3 aromatic carbocycles. The van der Waals surface area contributed by atoms with E-state index < -0.39 is 20.7 Å². The Morgan fingerprint density at radius 1 is 0.971 bits per heavy atom. The van der Waals surface area contributed by atoms with Crippen molar-refractivity contribution in [2.75, 3.05) is 0 Å². The summed E-state index contributed by atoms with van der Waals surface area (Å²) < 4.78 is 34.1. The summed E-state index contributed by atoms with van der Waals surface area (Å²) in [6.45, 7) is 5.29. The first-order chi connectivity index (χ1) is 16.6. The van der Waals surface area contributed by atoms with Gasteiger partial charge in [0, 0.05) is 12.1 Å². The largest absolute Gasteiger partial charge is 0.402 e. The van der Waals surface area contributed by atoms with E-state index in [0.29, 0.717) is 5.69 Å². The number of sulfone groups is 1. The van der Waals surface area contributed by atoms with Gasteiger partial charge < -0.3 is 4.74 Å². The van der Waals surface area contributed by atoms with Gasteiger partial charge in [-0.3, -0.25) is 10.1 Å². The summed E-state index contributed by atoms with van der Waals surface area (Å²) >= 11 is 0. The van der Waals surface area contributed by atoms with Crippen LogP contribution in [0.15, 0.2) is 82.6 Å². The number of rotatable bonds is 6. The van der Waals surface area contributed by atoms with Crippen LogP contribution in [0.25, 0.3) is 5.69 Å². The molecule has 0 saturated heterocycles. The molecule has 0 aliphatic carbocycles. The van der Waals surface area contributed by atoms with E-state index in [1.165, 1.54) is 48.0 Å². The minimum Gasteiger partial charge on any atom is -0.402 e. The zero-order chi connectivity index (χ0) is 25.3. The van der Waals surface area contributed by atoms with Crippen molar-refractivity contribution < 1.29 is 22.9 Å². The predicted molar refractivity (Wildman–Crippen MR) is 128 cm³/mol. The Morgan fingerprint density at radius 3 is 2.23 bits per heavy atom. The highest BCUT2D eigenvalue weighted by Gasteiger charge is 2.32. The normalized spacial score (nSPS) is 11.3. The topological polar surface area (TPSA) is 121 Å². The van der Waals surface area contributed by atoms with E-state index in [0.717, 1.165) is 11.1 Å². The number of nitro groups is 1. The third-order valence-corrected chi connectivity index (χ3v) is 7.27. The van der Waals surface area contributed by atoms with Crippen LogP contribution in [-0.2, 0) is 9.84 Å². The van der Waals surface area contributed by atoms with Gasteiger partial charge in [-0.05, 0) is 56.7 Å². The van der Waals surface area contributed by atoms with Crippen molar-refractivity contribution in [1.29, 1.82) is 0 Å². The molecule has 0 bridgehead atoms. The van der Waals surface area contributed by atoms with E-state index in [2.05, 4.69) is 5.10 Å². The number of benzene rings is 3. The second-order valence-electron chi connectivity index (χ2n) is 7.93.